The van der Waals surface area contributed by atoms with Gasteiger partial charge < -0.3 is 92.0 Å². The Kier molecular flexibility index (Phi) is 20.6. The number of likely N-dealkylation sites (N-methyl/N-ethyl adjacent to an activating group) is 2. The van der Waals surface area contributed by atoms with Crippen LogP contribution < -0.4 is 20.7 Å². The number of β-lactam (4-membered cyclic amide) rings is 1. The molecule has 16 N–H and O–H groups in total. The lowest BCUT2D eigenvalue weighted by molar-refractivity contribution is -0.169. The van der Waals surface area contributed by atoms with Crippen molar-refractivity contribution >= 4 is 81.7 Å². The monoisotopic (exact) mass is 1440 g/mol. The number of phenolic OH excluding ortho intramolecular Hbond substituents is 2. The quantitative estimate of drug-likeness (QED) is 0.0243. The Morgan fingerprint density at radius 1 is 0.693 bits per heavy atom. The van der Waals surface area contributed by atoms with Gasteiger partial charge in [-0.05, 0) is 105 Å². The highest BCUT2D eigenvalue weighted by atomic mass is 35.5. The molecule has 0 bridgehead atoms. The molecule has 9 aliphatic rings. The molecule has 33 heteroatoms. The number of carboxylic acids is 1. The first-order valence-corrected chi connectivity index (χ1v) is 33.5. The van der Waals surface area contributed by atoms with Gasteiger partial charge in [0.2, 0.25) is 29.1 Å². The number of phenols is 2. The van der Waals surface area contributed by atoms with E-state index in [4.69, 9.17) is 26.6 Å². The van der Waals surface area contributed by atoms with Crippen LogP contribution in [0.4, 0.5) is 0 Å². The summed E-state index contributed by atoms with van der Waals surface area (Å²) in [7, 11) is 6.10. The predicted octanol–water partition coefficient (Wildman–Crippen LogP) is -0.456. The number of ketones is 5. The van der Waals surface area contributed by atoms with Crippen molar-refractivity contribution in [1.82, 2.24) is 40.4 Å². The number of aromatic hydroxyl groups is 2. The van der Waals surface area contributed by atoms with Gasteiger partial charge in [0.15, 0.2) is 29.4 Å². The molecule has 3 amide bonds. The van der Waals surface area contributed by atoms with Crippen LogP contribution in [0.1, 0.15) is 67.6 Å². The lowest BCUT2D eigenvalue weighted by Gasteiger charge is -2.53. The first kappa shape index (κ1) is 75.2. The summed E-state index contributed by atoms with van der Waals surface area (Å²) in [5.41, 5.74) is -12.4. The summed E-state index contributed by atoms with van der Waals surface area (Å²) in [5, 5.41) is 146. The maximum Gasteiger partial charge on any atom is 0.327 e. The zero-order chi connectivity index (χ0) is 74.4. The number of halogens is 1. The number of aliphatic carboxylic acids is 1. The number of aliphatic hydroxyl groups excluding tert-OH is 6. The topological polar surface area (TPSA) is 478 Å². The molecule has 13 atom stereocenters. The van der Waals surface area contributed by atoms with Crippen molar-refractivity contribution in [2.75, 3.05) is 87.5 Å². The molecule has 0 radical (unpaired) electrons. The molecule has 0 aromatic heterocycles. The third-order valence-electron chi connectivity index (χ3n) is 20.7. The van der Waals surface area contributed by atoms with Crippen LogP contribution >= 0.6 is 23.4 Å². The molecular formula is C68H81ClN8O23S. The van der Waals surface area contributed by atoms with E-state index in [9.17, 15) is 99.3 Å². The van der Waals surface area contributed by atoms with E-state index in [0.717, 1.165) is 6.07 Å². The van der Waals surface area contributed by atoms with E-state index in [1.54, 1.807) is 52.2 Å². The molecule has 6 aliphatic carbocycles. The van der Waals surface area contributed by atoms with Crippen LogP contribution in [-0.2, 0) is 49.6 Å². The number of nitrogens with zero attached hydrogens (tertiary/aromatic N) is 5. The Morgan fingerprint density at radius 2 is 1.29 bits per heavy atom. The molecule has 3 saturated heterocycles. The Hall–Kier alpha value is -8.51. The van der Waals surface area contributed by atoms with Crippen LogP contribution in [0, 0.1) is 23.7 Å². The number of Topliss-reactive ketones (excluding diaryl/α,β-unsaturated/α-hetero) is 5. The summed E-state index contributed by atoms with van der Waals surface area (Å²) >= 11 is 7.68. The summed E-state index contributed by atoms with van der Waals surface area (Å²) < 4.78 is 4.74. The van der Waals surface area contributed by atoms with E-state index in [-0.39, 0.29) is 71.3 Å². The Bertz CT molecular complexity index is 4090. The normalized spacial score (nSPS) is 31.6. The summed E-state index contributed by atoms with van der Waals surface area (Å²) in [5.74, 6) is -17.0. The Morgan fingerprint density at radius 3 is 1.88 bits per heavy atom. The number of carboxylic acid groups (broad SMARTS) is 1. The van der Waals surface area contributed by atoms with Crippen LogP contribution in [0.3, 0.4) is 0 Å². The summed E-state index contributed by atoms with van der Waals surface area (Å²) in [6.07, 6.45) is -0.503. The van der Waals surface area contributed by atoms with Crippen LogP contribution in [0.2, 0.25) is 5.02 Å². The number of para-hydroxylation sites is 1. The van der Waals surface area contributed by atoms with Crippen LogP contribution in [0.5, 0.6) is 17.2 Å². The van der Waals surface area contributed by atoms with Gasteiger partial charge in [0, 0.05) is 82.9 Å². The number of thioether (sulfide) groups is 1. The summed E-state index contributed by atoms with van der Waals surface area (Å²) in [6, 6.07) is 11.6. The number of β-amino-alcohol motifs (C(OH)–C–C–N with tert-alkyl or cyclic N) is 1. The SMILES string of the molecule is CC1(C)S[C@@H]2[C@H](NC(=O)COc3ccccc3)C(=O)N2[C@H]1C(=O)O.CN(C)[C@@H]1C(=O)/C(=C(/O)NCO)C(=O)[C@@]2(O)C(=O)C3=C(O)c4c(O)ccc(Cl)c4[C@@](C)(O)[C@H]3C[C@@H]12.CN(C)[C@@H]1C(O)=C(C(=O)NCN2CCN(CCO)CC2)C(=O)[C@@]2(O)C(O)=C3C(=O)c4c(O)cccc4[C@@](C)(O)C3C[C@@H]12. The minimum absolute atomic E-state index is 0.00635. The molecule has 2 saturated carbocycles. The van der Waals surface area contributed by atoms with Gasteiger partial charge >= 0.3 is 5.97 Å². The molecule has 0 spiro atoms. The number of fused-ring (bicyclic) bond motifs is 7. The minimum atomic E-state index is -2.90. The fourth-order valence-corrected chi connectivity index (χ4v) is 17.8. The van der Waals surface area contributed by atoms with Gasteiger partial charge in [-0.25, -0.2) is 4.79 Å². The number of benzene rings is 3. The van der Waals surface area contributed by atoms with Crippen LogP contribution in [-0.4, -0.2) is 277 Å². The third kappa shape index (κ3) is 12.4. The fourth-order valence-electron chi connectivity index (χ4n) is 15.8. The summed E-state index contributed by atoms with van der Waals surface area (Å²) in [6.45, 7) is 8.47. The molecule has 544 valence electrons. The van der Waals surface area contributed by atoms with E-state index in [1.165, 1.54) is 78.7 Å². The number of hydrogen-bond donors (Lipinski definition) is 16. The number of nitrogens with one attached hydrogen (secondary N) is 3. The van der Waals surface area contributed by atoms with Crippen LogP contribution in [0.25, 0.3) is 5.76 Å². The zero-order valence-electron chi connectivity index (χ0n) is 56.2. The molecule has 5 fully saturated rings. The predicted molar refractivity (Wildman–Crippen MR) is 357 cm³/mol. The number of piperazine rings is 1. The number of ether oxygens (including phenoxy) is 1. The average molecular weight is 1450 g/mol. The van der Waals surface area contributed by atoms with E-state index in [2.05, 4.69) is 15.5 Å². The maximum absolute atomic E-state index is 13.9. The van der Waals surface area contributed by atoms with Crippen molar-refractivity contribution in [3.8, 4) is 17.2 Å². The highest BCUT2D eigenvalue weighted by molar-refractivity contribution is 8.01. The fraction of sp³-hybridized carbons (Fsp3) is 0.485. The molecule has 3 aromatic carbocycles. The van der Waals surface area contributed by atoms with Crippen molar-refractivity contribution in [1.29, 1.82) is 0 Å². The van der Waals surface area contributed by atoms with Gasteiger partial charge in [-0.3, -0.25) is 58.0 Å². The number of rotatable bonds is 14. The van der Waals surface area contributed by atoms with Crippen LogP contribution in [0.15, 0.2) is 100 Å². The van der Waals surface area contributed by atoms with Gasteiger partial charge in [0.1, 0.15) is 69.9 Å². The zero-order valence-corrected chi connectivity index (χ0v) is 57.7. The second-order valence-corrected chi connectivity index (χ2v) is 29.7. The van der Waals surface area contributed by atoms with Gasteiger partial charge in [-0.15, -0.1) is 11.8 Å². The highest BCUT2D eigenvalue weighted by Gasteiger charge is 2.70. The van der Waals surface area contributed by atoms with Crippen molar-refractivity contribution in [3.05, 3.63) is 128 Å². The van der Waals surface area contributed by atoms with Crippen molar-refractivity contribution < 1.29 is 114 Å². The number of carbonyl (C=O) groups is 9. The molecule has 1 unspecified atom stereocenters. The number of hydrogen-bond acceptors (Lipinski definition) is 28. The average Bonchev–Trinajstić information content (AvgIpc) is 1.44. The standard InChI is InChI=1S/C29H38N4O9.C23H25ClN2O9.C16H18N2O5S/c1-28(41)15-5-4-6-18(35)19(15)23(36)20-16(28)13-17-22(31(2)3)24(37)21(26(39)29(17,42)25(20)38)27(40)30-14-33-9-7-32(8-10-33)11-12-34;1-22(34)8-6-9-16(26(2)3)18(30)14(21(33)25-7-27)20(32)23(9,35)19(31)12(8)17(29)13-11(28)5-4-10(24)15(13)22;1-16(2)12(15(21)22)18-13(20)11(14(18)24-16)17-10(19)8-23-9-6-4-3-5-7-9/h4-6,16-17,22,34-35,37-38,41-42H,7-14H2,1-3H3,(H,30,40);4-5,8-9,16,25,27-29,33-35H,6-7H2,1-3H3;3-7,11-12,14H,8H2,1-2H3,(H,17,19)(H,21,22)/b;21-14-;/t16?,17-,22-,28+,29-;8-,9-,16-,22-,23-;11-,12+,14-/m001/s1. The molecule has 31 nitrogen and oxygen atoms in total. The van der Waals surface area contributed by atoms with Gasteiger partial charge in [-0.1, -0.05) is 41.9 Å². The van der Waals surface area contributed by atoms with Gasteiger partial charge in [-0.2, -0.15) is 0 Å². The molecular weight excluding hydrogens is 1360 g/mol. The van der Waals surface area contributed by atoms with Gasteiger partial charge in [0.05, 0.1) is 47.7 Å². The molecule has 3 aliphatic heterocycles. The summed E-state index contributed by atoms with van der Waals surface area (Å²) in [4.78, 5) is 125. The largest absolute Gasteiger partial charge is 0.510 e. The maximum atomic E-state index is 13.9. The minimum Gasteiger partial charge on any atom is -0.510 e. The third-order valence-corrected chi connectivity index (χ3v) is 22.6. The molecule has 12 rings (SSSR count). The second kappa shape index (κ2) is 27.7. The van der Waals surface area contributed by atoms with E-state index < -0.39 is 185 Å². The Labute approximate surface area is 587 Å². The van der Waals surface area contributed by atoms with E-state index in [1.807, 2.05) is 16.3 Å². The molecule has 3 heterocycles. The number of aliphatic hydroxyl groups is 10. The van der Waals surface area contributed by atoms with Crippen molar-refractivity contribution in [3.63, 3.8) is 0 Å². The van der Waals surface area contributed by atoms with Crippen molar-refractivity contribution in [2.24, 2.45) is 23.7 Å². The van der Waals surface area contributed by atoms with Gasteiger partial charge in [0.25, 0.3) is 11.8 Å². The van der Waals surface area contributed by atoms with E-state index in [0.29, 0.717) is 38.5 Å². The van der Waals surface area contributed by atoms with E-state index >= 15 is 0 Å². The van der Waals surface area contributed by atoms with Crippen molar-refractivity contribution in [2.45, 2.75) is 97.2 Å². The first-order chi connectivity index (χ1) is 47.3. The smallest absolute Gasteiger partial charge is 0.327 e. The molecule has 101 heavy (non-hydrogen) atoms. The number of carbonyl (C=O) groups excluding carboxylic acids is 8. The highest BCUT2D eigenvalue weighted by Crippen LogP contribution is 2.60. The molecule has 3 aromatic rings. The Balaban J connectivity index is 0.000000169. The lowest BCUT2D eigenvalue weighted by atomic mass is 9.53. The first-order valence-electron chi connectivity index (χ1n) is 32.2. The number of amides is 3. The second-order valence-electron chi connectivity index (χ2n) is 27.6. The lowest BCUT2D eigenvalue weighted by Crippen LogP contribution is -2.70.